The van der Waals surface area contributed by atoms with Crippen molar-refractivity contribution < 1.29 is 28.5 Å². The number of rotatable bonds is 8. The number of nitrogens with one attached hydrogen (secondary N) is 1. The van der Waals surface area contributed by atoms with Crippen LogP contribution in [0.15, 0.2) is 42.5 Å². The van der Waals surface area contributed by atoms with Crippen LogP contribution in [0.2, 0.25) is 0 Å². The van der Waals surface area contributed by atoms with E-state index < -0.39 is 0 Å². The second kappa shape index (κ2) is 10.0. The minimum absolute atomic E-state index is 0.186. The molecule has 7 nitrogen and oxygen atoms in total. The van der Waals surface area contributed by atoms with E-state index in [4.69, 9.17) is 14.2 Å². The Hall–Kier alpha value is -3.48. The molecule has 0 aliphatic heterocycles. The highest BCUT2D eigenvalue weighted by molar-refractivity contribution is 6.02. The Morgan fingerprint density at radius 2 is 1.54 bits per heavy atom. The number of carbonyl (C=O) groups excluding carboxylic acids is 2. The molecule has 0 heterocycles. The van der Waals surface area contributed by atoms with Crippen LogP contribution in [0.25, 0.3) is 6.08 Å². The second-order valence-corrected chi connectivity index (χ2v) is 5.73. The Balaban J connectivity index is 2.06. The van der Waals surface area contributed by atoms with Crippen LogP contribution in [0.4, 0.5) is 5.69 Å². The zero-order valence-corrected chi connectivity index (χ0v) is 16.3. The van der Waals surface area contributed by atoms with Crippen molar-refractivity contribution in [3.63, 3.8) is 0 Å². The fraction of sp³-hybridized carbons (Fsp3) is 0.238. The van der Waals surface area contributed by atoms with E-state index in [1.165, 1.54) is 34.5 Å². The summed E-state index contributed by atoms with van der Waals surface area (Å²) in [6.45, 7) is 0. The summed E-state index contributed by atoms with van der Waals surface area (Å²) in [5, 5.41) is 2.76. The smallest absolute Gasteiger partial charge is 0.309 e. The fourth-order valence-corrected chi connectivity index (χ4v) is 2.50. The molecule has 0 aliphatic carbocycles. The van der Waals surface area contributed by atoms with Crippen LogP contribution >= 0.6 is 0 Å². The van der Waals surface area contributed by atoms with Crippen LogP contribution < -0.4 is 19.5 Å². The molecule has 0 saturated heterocycles. The van der Waals surface area contributed by atoms with Gasteiger partial charge in [0.2, 0.25) is 11.7 Å². The van der Waals surface area contributed by atoms with Gasteiger partial charge in [-0.3, -0.25) is 9.59 Å². The van der Waals surface area contributed by atoms with E-state index >= 15 is 0 Å². The number of ether oxygens (including phenoxy) is 4. The average Bonchev–Trinajstić information content (AvgIpc) is 2.72. The van der Waals surface area contributed by atoms with E-state index in [1.807, 2.05) is 0 Å². The minimum atomic E-state index is -0.315. The first kappa shape index (κ1) is 20.8. The molecule has 0 aromatic heterocycles. The molecule has 0 atom stereocenters. The Bertz CT molecular complexity index is 833. The number of anilines is 1. The Labute approximate surface area is 163 Å². The Kier molecular flexibility index (Phi) is 7.45. The highest BCUT2D eigenvalue weighted by Gasteiger charge is 2.12. The molecule has 1 N–H and O–H groups in total. The van der Waals surface area contributed by atoms with Crippen molar-refractivity contribution in [1.29, 1.82) is 0 Å². The molecule has 1 amide bonds. The lowest BCUT2D eigenvalue weighted by atomic mass is 10.1. The second-order valence-electron chi connectivity index (χ2n) is 5.73. The number of methoxy groups -OCH3 is 4. The third kappa shape index (κ3) is 5.51. The van der Waals surface area contributed by atoms with E-state index in [-0.39, 0.29) is 18.3 Å². The third-order valence-corrected chi connectivity index (χ3v) is 3.91. The normalized spacial score (nSPS) is 10.4. The molecule has 2 aromatic carbocycles. The first-order valence-corrected chi connectivity index (χ1v) is 8.45. The monoisotopic (exact) mass is 385 g/mol. The van der Waals surface area contributed by atoms with Gasteiger partial charge < -0.3 is 24.3 Å². The molecule has 0 bridgehead atoms. The molecule has 0 saturated carbocycles. The molecule has 0 unspecified atom stereocenters. The molecular weight excluding hydrogens is 362 g/mol. The van der Waals surface area contributed by atoms with Gasteiger partial charge in [0, 0.05) is 11.8 Å². The van der Waals surface area contributed by atoms with Gasteiger partial charge in [-0.15, -0.1) is 0 Å². The lowest BCUT2D eigenvalue weighted by molar-refractivity contribution is -0.139. The number of amides is 1. The zero-order chi connectivity index (χ0) is 20.5. The van der Waals surface area contributed by atoms with Gasteiger partial charge in [-0.1, -0.05) is 12.1 Å². The van der Waals surface area contributed by atoms with E-state index in [9.17, 15) is 9.59 Å². The van der Waals surface area contributed by atoms with Crippen LogP contribution in [0.3, 0.4) is 0 Å². The van der Waals surface area contributed by atoms with Crippen LogP contribution in [-0.4, -0.2) is 40.3 Å². The minimum Gasteiger partial charge on any atom is -0.493 e. The summed E-state index contributed by atoms with van der Waals surface area (Å²) in [6.07, 6.45) is 3.24. The van der Waals surface area contributed by atoms with Gasteiger partial charge in [-0.05, 0) is 41.5 Å². The maximum absolute atomic E-state index is 12.2. The van der Waals surface area contributed by atoms with Crippen molar-refractivity contribution in [2.75, 3.05) is 33.8 Å². The molecule has 7 heteroatoms. The van der Waals surface area contributed by atoms with Crippen molar-refractivity contribution in [1.82, 2.24) is 0 Å². The Morgan fingerprint density at radius 1 is 0.929 bits per heavy atom. The van der Waals surface area contributed by atoms with Gasteiger partial charge >= 0.3 is 5.97 Å². The van der Waals surface area contributed by atoms with Crippen molar-refractivity contribution in [3.8, 4) is 17.2 Å². The number of carbonyl (C=O) groups is 2. The predicted molar refractivity (Wildman–Crippen MR) is 106 cm³/mol. The van der Waals surface area contributed by atoms with Crippen molar-refractivity contribution in [3.05, 3.63) is 53.6 Å². The maximum atomic E-state index is 12.2. The third-order valence-electron chi connectivity index (χ3n) is 3.91. The molecule has 148 valence electrons. The molecule has 2 aromatic rings. The highest BCUT2D eigenvalue weighted by Crippen LogP contribution is 2.38. The van der Waals surface area contributed by atoms with Crippen molar-refractivity contribution in [2.45, 2.75) is 6.42 Å². The molecule has 0 radical (unpaired) electrons. The number of benzene rings is 2. The van der Waals surface area contributed by atoms with Gasteiger partial charge in [0.05, 0.1) is 34.9 Å². The SMILES string of the molecule is COC(=O)Cc1ccc(NC(=O)/C=C/c2cc(OC)c(OC)c(OC)c2)cc1. The fourth-order valence-electron chi connectivity index (χ4n) is 2.50. The molecular formula is C21H23NO6. The number of esters is 1. The topological polar surface area (TPSA) is 83.1 Å². The molecule has 0 fully saturated rings. The van der Waals surface area contributed by atoms with E-state index in [0.717, 1.165) is 11.1 Å². The first-order chi connectivity index (χ1) is 13.5. The maximum Gasteiger partial charge on any atom is 0.309 e. The van der Waals surface area contributed by atoms with E-state index in [1.54, 1.807) is 42.5 Å². The summed E-state index contributed by atoms with van der Waals surface area (Å²) in [6, 6.07) is 10.5. The summed E-state index contributed by atoms with van der Waals surface area (Å²) in [4.78, 5) is 23.4. The van der Waals surface area contributed by atoms with Crippen LogP contribution in [-0.2, 0) is 20.7 Å². The summed E-state index contributed by atoms with van der Waals surface area (Å²) in [5.74, 6) is 0.879. The van der Waals surface area contributed by atoms with Crippen LogP contribution in [0.1, 0.15) is 11.1 Å². The van der Waals surface area contributed by atoms with Gasteiger partial charge in [0.15, 0.2) is 11.5 Å². The largest absolute Gasteiger partial charge is 0.493 e. The zero-order valence-electron chi connectivity index (χ0n) is 16.3. The van der Waals surface area contributed by atoms with Crippen molar-refractivity contribution in [2.24, 2.45) is 0 Å². The Morgan fingerprint density at radius 3 is 2.04 bits per heavy atom. The average molecular weight is 385 g/mol. The molecule has 2 rings (SSSR count). The predicted octanol–water partition coefficient (Wildman–Crippen LogP) is 3.08. The molecule has 0 aliphatic rings. The van der Waals surface area contributed by atoms with Crippen molar-refractivity contribution >= 4 is 23.6 Å². The summed E-state index contributed by atoms with van der Waals surface area (Å²) < 4.78 is 20.5. The van der Waals surface area contributed by atoms with Gasteiger partial charge in [0.1, 0.15) is 0 Å². The van der Waals surface area contributed by atoms with Gasteiger partial charge in [0.25, 0.3) is 0 Å². The van der Waals surface area contributed by atoms with Crippen LogP contribution in [0, 0.1) is 0 Å². The summed E-state index contributed by atoms with van der Waals surface area (Å²) in [7, 11) is 5.93. The van der Waals surface area contributed by atoms with E-state index in [0.29, 0.717) is 22.9 Å². The lowest BCUT2D eigenvalue weighted by Crippen LogP contribution is -2.08. The standard InChI is InChI=1S/C21H23NO6/c1-25-17-11-15(12-18(26-2)21(17)28-4)7-10-19(23)22-16-8-5-14(6-9-16)13-20(24)27-3/h5-12H,13H2,1-4H3,(H,22,23)/b10-7+. The van der Waals surface area contributed by atoms with Crippen LogP contribution in [0.5, 0.6) is 17.2 Å². The number of hydrogen-bond donors (Lipinski definition) is 1. The summed E-state index contributed by atoms with van der Waals surface area (Å²) >= 11 is 0. The quantitative estimate of drug-likeness (QED) is 0.555. The summed E-state index contributed by atoms with van der Waals surface area (Å²) in [5.41, 5.74) is 2.14. The highest BCUT2D eigenvalue weighted by atomic mass is 16.5. The molecule has 28 heavy (non-hydrogen) atoms. The van der Waals surface area contributed by atoms with Gasteiger partial charge in [-0.25, -0.2) is 0 Å². The first-order valence-electron chi connectivity index (χ1n) is 8.45. The molecule has 0 spiro atoms. The van der Waals surface area contributed by atoms with Gasteiger partial charge in [-0.2, -0.15) is 0 Å². The number of hydrogen-bond acceptors (Lipinski definition) is 6. The lowest BCUT2D eigenvalue weighted by Gasteiger charge is -2.12. The van der Waals surface area contributed by atoms with E-state index in [2.05, 4.69) is 10.1 Å².